The van der Waals surface area contributed by atoms with Crippen LogP contribution in [0.5, 0.6) is 0 Å². The first-order chi connectivity index (χ1) is 9.13. The van der Waals surface area contributed by atoms with Crippen molar-refractivity contribution in [2.24, 2.45) is 0 Å². The molecule has 1 heterocycles. The van der Waals surface area contributed by atoms with E-state index in [1.165, 1.54) is 0 Å². The fraction of sp³-hybridized carbons (Fsp3) is 0.692. The lowest BCUT2D eigenvalue weighted by molar-refractivity contribution is -0.155. The molecule has 0 aromatic heterocycles. The highest BCUT2D eigenvalue weighted by atomic mass is 16.6. The number of carbonyl (C=O) groups is 2. The zero-order valence-electron chi connectivity index (χ0n) is 11.5. The standard InChI is InChI=1S/C13H21NO5/c1-3-8-18-12(15)4-5-13(16)19-11(2)14-6-9-17-10-7-14/h4-5,11H,3,6-10H2,1-2H3. The molecule has 108 valence electrons. The third-order valence-electron chi connectivity index (χ3n) is 2.65. The largest absolute Gasteiger partial charge is 0.463 e. The van der Waals surface area contributed by atoms with Crippen LogP contribution in [-0.4, -0.2) is 56.0 Å². The van der Waals surface area contributed by atoms with Crippen LogP contribution in [0.15, 0.2) is 12.2 Å². The SMILES string of the molecule is CCCOC(=O)C=CC(=O)OC(C)N1CCOCC1. The number of carbonyl (C=O) groups excluding carboxylic acids is 2. The van der Waals surface area contributed by atoms with E-state index < -0.39 is 11.9 Å². The molecule has 1 aliphatic rings. The molecule has 1 unspecified atom stereocenters. The Labute approximate surface area is 113 Å². The zero-order chi connectivity index (χ0) is 14.1. The molecule has 0 N–H and O–H groups in total. The van der Waals surface area contributed by atoms with Crippen LogP contribution in [0.25, 0.3) is 0 Å². The van der Waals surface area contributed by atoms with E-state index in [0.717, 1.165) is 31.7 Å². The average Bonchev–Trinajstić information content (AvgIpc) is 2.43. The Morgan fingerprint density at radius 1 is 1.26 bits per heavy atom. The van der Waals surface area contributed by atoms with Gasteiger partial charge in [0.2, 0.25) is 0 Å². The van der Waals surface area contributed by atoms with E-state index in [2.05, 4.69) is 0 Å². The van der Waals surface area contributed by atoms with Crippen LogP contribution in [0.3, 0.4) is 0 Å². The van der Waals surface area contributed by atoms with Crippen molar-refractivity contribution in [1.82, 2.24) is 4.90 Å². The summed E-state index contributed by atoms with van der Waals surface area (Å²) in [5.74, 6) is -1.08. The molecule has 0 amide bonds. The van der Waals surface area contributed by atoms with Crippen molar-refractivity contribution in [3.63, 3.8) is 0 Å². The summed E-state index contributed by atoms with van der Waals surface area (Å²) in [6, 6.07) is 0. The van der Waals surface area contributed by atoms with Crippen LogP contribution in [-0.2, 0) is 23.8 Å². The van der Waals surface area contributed by atoms with Gasteiger partial charge < -0.3 is 14.2 Å². The molecule has 1 fully saturated rings. The van der Waals surface area contributed by atoms with Crippen LogP contribution in [0, 0.1) is 0 Å². The fourth-order valence-corrected chi connectivity index (χ4v) is 1.61. The predicted octanol–water partition coefficient (Wildman–Crippen LogP) is 0.717. The predicted molar refractivity (Wildman–Crippen MR) is 68.3 cm³/mol. The second-order valence-electron chi connectivity index (χ2n) is 4.19. The molecule has 1 atom stereocenters. The molecule has 6 heteroatoms. The highest BCUT2D eigenvalue weighted by molar-refractivity contribution is 5.91. The first-order valence-corrected chi connectivity index (χ1v) is 6.50. The van der Waals surface area contributed by atoms with Gasteiger partial charge in [0.25, 0.3) is 0 Å². The van der Waals surface area contributed by atoms with Crippen molar-refractivity contribution < 1.29 is 23.8 Å². The normalized spacial score (nSPS) is 18.2. The van der Waals surface area contributed by atoms with E-state index in [1.54, 1.807) is 6.92 Å². The molecular formula is C13H21NO5. The molecule has 1 rings (SSSR count). The quantitative estimate of drug-likeness (QED) is 0.524. The van der Waals surface area contributed by atoms with Gasteiger partial charge in [0.15, 0.2) is 6.23 Å². The van der Waals surface area contributed by atoms with Gasteiger partial charge in [-0.1, -0.05) is 6.92 Å². The number of esters is 2. The van der Waals surface area contributed by atoms with Gasteiger partial charge >= 0.3 is 11.9 Å². The monoisotopic (exact) mass is 271 g/mol. The Morgan fingerprint density at radius 2 is 1.89 bits per heavy atom. The molecule has 0 aromatic rings. The summed E-state index contributed by atoms with van der Waals surface area (Å²) in [6.45, 7) is 6.79. The van der Waals surface area contributed by atoms with Crippen molar-refractivity contribution in [2.75, 3.05) is 32.9 Å². The van der Waals surface area contributed by atoms with Crippen LogP contribution >= 0.6 is 0 Å². The van der Waals surface area contributed by atoms with Gasteiger partial charge in [-0.05, 0) is 13.3 Å². The molecule has 6 nitrogen and oxygen atoms in total. The second-order valence-corrected chi connectivity index (χ2v) is 4.19. The highest BCUT2D eigenvalue weighted by Gasteiger charge is 2.19. The van der Waals surface area contributed by atoms with E-state index >= 15 is 0 Å². The molecule has 0 radical (unpaired) electrons. The fourth-order valence-electron chi connectivity index (χ4n) is 1.61. The van der Waals surface area contributed by atoms with Crippen LogP contribution in [0.4, 0.5) is 0 Å². The maximum atomic E-state index is 11.5. The van der Waals surface area contributed by atoms with Crippen molar-refractivity contribution >= 4 is 11.9 Å². The molecule has 0 aromatic carbocycles. The van der Waals surface area contributed by atoms with E-state index in [9.17, 15) is 9.59 Å². The van der Waals surface area contributed by atoms with Crippen LogP contribution in [0.2, 0.25) is 0 Å². The molecule has 0 spiro atoms. The summed E-state index contributed by atoms with van der Waals surface area (Å²) < 4.78 is 15.2. The summed E-state index contributed by atoms with van der Waals surface area (Å²) in [4.78, 5) is 24.7. The number of nitrogens with zero attached hydrogens (tertiary/aromatic N) is 1. The topological polar surface area (TPSA) is 65.1 Å². The lowest BCUT2D eigenvalue weighted by atomic mass is 10.4. The summed E-state index contributed by atoms with van der Waals surface area (Å²) in [7, 11) is 0. The Kier molecular flexibility index (Phi) is 7.14. The minimum absolute atomic E-state index is 0.326. The zero-order valence-corrected chi connectivity index (χ0v) is 11.5. The number of ether oxygens (including phenoxy) is 3. The van der Waals surface area contributed by atoms with Crippen molar-refractivity contribution in [2.45, 2.75) is 26.5 Å². The van der Waals surface area contributed by atoms with Gasteiger partial charge in [0, 0.05) is 25.2 Å². The lowest BCUT2D eigenvalue weighted by Gasteiger charge is -2.31. The Balaban J connectivity index is 2.29. The Morgan fingerprint density at radius 3 is 2.53 bits per heavy atom. The molecule has 1 saturated heterocycles. The molecule has 0 bridgehead atoms. The van der Waals surface area contributed by atoms with Crippen LogP contribution < -0.4 is 0 Å². The minimum atomic E-state index is -0.549. The van der Waals surface area contributed by atoms with E-state index in [0.29, 0.717) is 19.8 Å². The van der Waals surface area contributed by atoms with Crippen molar-refractivity contribution in [1.29, 1.82) is 0 Å². The Bertz CT molecular complexity index is 323. The molecule has 0 aliphatic carbocycles. The van der Waals surface area contributed by atoms with Crippen LogP contribution in [0.1, 0.15) is 20.3 Å². The first kappa shape index (κ1) is 15.7. The summed E-state index contributed by atoms with van der Waals surface area (Å²) in [6.07, 6.45) is 2.60. The third kappa shape index (κ3) is 6.35. The van der Waals surface area contributed by atoms with Gasteiger partial charge in [-0.3, -0.25) is 4.90 Å². The third-order valence-corrected chi connectivity index (χ3v) is 2.65. The summed E-state index contributed by atoms with van der Waals surface area (Å²) in [5.41, 5.74) is 0. The summed E-state index contributed by atoms with van der Waals surface area (Å²) >= 11 is 0. The first-order valence-electron chi connectivity index (χ1n) is 6.50. The molecular weight excluding hydrogens is 250 g/mol. The minimum Gasteiger partial charge on any atom is -0.463 e. The highest BCUT2D eigenvalue weighted by Crippen LogP contribution is 2.05. The number of hydrogen-bond acceptors (Lipinski definition) is 6. The number of rotatable bonds is 6. The van der Waals surface area contributed by atoms with E-state index in [-0.39, 0.29) is 6.23 Å². The maximum absolute atomic E-state index is 11.5. The molecule has 1 aliphatic heterocycles. The second kappa shape index (κ2) is 8.66. The summed E-state index contributed by atoms with van der Waals surface area (Å²) in [5, 5.41) is 0. The molecule has 0 saturated carbocycles. The molecule has 19 heavy (non-hydrogen) atoms. The lowest BCUT2D eigenvalue weighted by Crippen LogP contribution is -2.44. The van der Waals surface area contributed by atoms with E-state index in [4.69, 9.17) is 14.2 Å². The van der Waals surface area contributed by atoms with Crippen molar-refractivity contribution in [3.8, 4) is 0 Å². The number of hydrogen-bond donors (Lipinski definition) is 0. The average molecular weight is 271 g/mol. The smallest absolute Gasteiger partial charge is 0.332 e. The van der Waals surface area contributed by atoms with Gasteiger partial charge in [0.1, 0.15) is 0 Å². The van der Waals surface area contributed by atoms with Gasteiger partial charge in [0.05, 0.1) is 19.8 Å². The maximum Gasteiger partial charge on any atom is 0.332 e. The number of morpholine rings is 1. The van der Waals surface area contributed by atoms with Gasteiger partial charge in [-0.2, -0.15) is 0 Å². The van der Waals surface area contributed by atoms with Gasteiger partial charge in [-0.15, -0.1) is 0 Å². The van der Waals surface area contributed by atoms with E-state index in [1.807, 2.05) is 11.8 Å². The van der Waals surface area contributed by atoms with Crippen molar-refractivity contribution in [3.05, 3.63) is 12.2 Å². The Hall–Kier alpha value is -1.40. The van der Waals surface area contributed by atoms with Gasteiger partial charge in [-0.25, -0.2) is 9.59 Å².